The molecule has 1 N–H and O–H groups in total. The van der Waals surface area contributed by atoms with E-state index in [1.54, 1.807) is 0 Å². The van der Waals surface area contributed by atoms with E-state index in [2.05, 4.69) is 39.1 Å². The van der Waals surface area contributed by atoms with Crippen molar-refractivity contribution in [3.63, 3.8) is 0 Å². The van der Waals surface area contributed by atoms with Gasteiger partial charge in [-0.1, -0.05) is 61.7 Å². The highest BCUT2D eigenvalue weighted by molar-refractivity contribution is 5.84. The maximum Gasteiger partial charge on any atom is 0.411 e. The summed E-state index contributed by atoms with van der Waals surface area (Å²) in [5, 5.41) is 2.89. The van der Waals surface area contributed by atoms with Crippen molar-refractivity contribution in [3.05, 3.63) is 72.7 Å². The summed E-state index contributed by atoms with van der Waals surface area (Å²) >= 11 is 0. The third kappa shape index (κ3) is 3.72. The molecule has 2 aromatic carbocycles. The molecule has 2 aliphatic rings. The van der Waals surface area contributed by atoms with Gasteiger partial charge in [-0.05, 0) is 36.5 Å². The number of rotatable bonds is 5. The van der Waals surface area contributed by atoms with Gasteiger partial charge in [0.1, 0.15) is 6.10 Å². The highest BCUT2D eigenvalue weighted by Crippen LogP contribution is 2.43. The number of hydrogen-bond acceptors (Lipinski definition) is 3. The van der Waals surface area contributed by atoms with Gasteiger partial charge in [-0.2, -0.15) is 0 Å². The number of nitrogens with one attached hydrogen (secondary N) is 1. The van der Waals surface area contributed by atoms with Crippen LogP contribution in [-0.2, 0) is 4.74 Å². The standard InChI is InChI=1S/C25H27N3O2/c29-25(27-19-11-5-2-6-12-19)30-24(18-9-3-1-4-10-18)15-22-20-13-7-8-14-21(20)23-16-26-17-28(22)23/h2,5-8,11-14,16-18,22,24H,1,3-4,9-10,15H2,(H,27,29). The number of carbonyl (C=O) groups is 1. The van der Waals surface area contributed by atoms with Crippen molar-refractivity contribution >= 4 is 11.8 Å². The lowest BCUT2D eigenvalue weighted by molar-refractivity contribution is 0.0453. The molecule has 1 saturated carbocycles. The van der Waals surface area contributed by atoms with Crippen LogP contribution in [0, 0.1) is 5.92 Å². The Morgan fingerprint density at radius 1 is 1.07 bits per heavy atom. The van der Waals surface area contributed by atoms with E-state index in [1.165, 1.54) is 30.4 Å². The highest BCUT2D eigenvalue weighted by Gasteiger charge is 2.35. The van der Waals surface area contributed by atoms with Crippen molar-refractivity contribution in [2.24, 2.45) is 5.92 Å². The monoisotopic (exact) mass is 401 g/mol. The summed E-state index contributed by atoms with van der Waals surface area (Å²) < 4.78 is 8.31. The molecular formula is C25H27N3O2. The number of anilines is 1. The van der Waals surface area contributed by atoms with Gasteiger partial charge in [0.05, 0.1) is 24.3 Å². The fraction of sp³-hybridized carbons (Fsp3) is 0.360. The zero-order valence-electron chi connectivity index (χ0n) is 17.0. The summed E-state index contributed by atoms with van der Waals surface area (Å²) in [6.07, 6.45) is 10.0. The van der Waals surface area contributed by atoms with E-state index in [4.69, 9.17) is 4.74 Å². The Kier molecular flexibility index (Phi) is 5.26. The first kappa shape index (κ1) is 18.9. The van der Waals surface area contributed by atoms with Gasteiger partial charge in [0.25, 0.3) is 0 Å². The minimum atomic E-state index is -0.367. The molecule has 0 bridgehead atoms. The number of imidazole rings is 1. The van der Waals surface area contributed by atoms with E-state index in [0.717, 1.165) is 30.6 Å². The predicted molar refractivity (Wildman–Crippen MR) is 117 cm³/mol. The van der Waals surface area contributed by atoms with Gasteiger partial charge in [-0.25, -0.2) is 9.78 Å². The number of hydrogen-bond donors (Lipinski definition) is 1. The Balaban J connectivity index is 1.38. The van der Waals surface area contributed by atoms with E-state index in [1.807, 2.05) is 42.9 Å². The van der Waals surface area contributed by atoms with Crippen LogP contribution < -0.4 is 5.32 Å². The maximum atomic E-state index is 12.7. The molecule has 1 aliphatic heterocycles. The van der Waals surface area contributed by atoms with Crippen molar-refractivity contribution in [1.82, 2.24) is 9.55 Å². The topological polar surface area (TPSA) is 56.1 Å². The van der Waals surface area contributed by atoms with Crippen LogP contribution in [0.5, 0.6) is 0 Å². The normalized spacial score (nSPS) is 19.0. The number of carbonyl (C=O) groups excluding carboxylic acids is 1. The van der Waals surface area contributed by atoms with E-state index in [0.29, 0.717) is 5.92 Å². The fourth-order valence-corrected chi connectivity index (χ4v) is 5.04. The average molecular weight is 402 g/mol. The Morgan fingerprint density at radius 2 is 1.83 bits per heavy atom. The van der Waals surface area contributed by atoms with Crippen molar-refractivity contribution in [2.75, 3.05) is 5.32 Å². The Morgan fingerprint density at radius 3 is 2.67 bits per heavy atom. The second kappa shape index (κ2) is 8.34. The predicted octanol–water partition coefficient (Wildman–Crippen LogP) is 6.04. The summed E-state index contributed by atoms with van der Waals surface area (Å²) in [7, 11) is 0. The lowest BCUT2D eigenvalue weighted by Gasteiger charge is -2.32. The summed E-state index contributed by atoms with van der Waals surface area (Å²) in [6, 6.07) is 18.1. The van der Waals surface area contributed by atoms with E-state index in [-0.39, 0.29) is 18.2 Å². The molecule has 2 heterocycles. The quantitative estimate of drug-likeness (QED) is 0.567. The first-order valence-electron chi connectivity index (χ1n) is 10.9. The maximum absolute atomic E-state index is 12.7. The Labute approximate surface area is 177 Å². The van der Waals surface area contributed by atoms with Crippen LogP contribution in [0.2, 0.25) is 0 Å². The van der Waals surface area contributed by atoms with Gasteiger partial charge >= 0.3 is 6.09 Å². The van der Waals surface area contributed by atoms with Crippen LogP contribution in [0.25, 0.3) is 11.3 Å². The number of amides is 1. The molecule has 154 valence electrons. The highest BCUT2D eigenvalue weighted by atomic mass is 16.6. The molecule has 0 radical (unpaired) electrons. The molecule has 3 aromatic rings. The molecule has 30 heavy (non-hydrogen) atoms. The fourth-order valence-electron chi connectivity index (χ4n) is 5.04. The van der Waals surface area contributed by atoms with E-state index in [9.17, 15) is 4.79 Å². The minimum absolute atomic E-state index is 0.125. The first-order valence-corrected chi connectivity index (χ1v) is 10.9. The van der Waals surface area contributed by atoms with Crippen LogP contribution in [0.15, 0.2) is 67.1 Å². The molecular weight excluding hydrogens is 374 g/mol. The molecule has 0 spiro atoms. The molecule has 5 heteroatoms. The number of nitrogens with zero attached hydrogens (tertiary/aromatic N) is 2. The minimum Gasteiger partial charge on any atom is -0.446 e. The number of aromatic nitrogens is 2. The van der Waals surface area contributed by atoms with Crippen LogP contribution in [0.4, 0.5) is 10.5 Å². The molecule has 5 nitrogen and oxygen atoms in total. The third-order valence-electron chi connectivity index (χ3n) is 6.51. The van der Waals surface area contributed by atoms with E-state index >= 15 is 0 Å². The Bertz CT molecular complexity index is 1010. The third-order valence-corrected chi connectivity index (χ3v) is 6.51. The number of benzene rings is 2. The van der Waals surface area contributed by atoms with Gasteiger partial charge in [0, 0.05) is 17.7 Å². The lowest BCUT2D eigenvalue weighted by Crippen LogP contribution is -2.32. The smallest absolute Gasteiger partial charge is 0.411 e. The summed E-state index contributed by atoms with van der Waals surface area (Å²) in [6.45, 7) is 0. The largest absolute Gasteiger partial charge is 0.446 e. The molecule has 1 fully saturated rings. The zero-order valence-corrected chi connectivity index (χ0v) is 17.0. The molecule has 5 rings (SSSR count). The van der Waals surface area contributed by atoms with Gasteiger partial charge in [0.15, 0.2) is 0 Å². The lowest BCUT2D eigenvalue weighted by atomic mass is 9.82. The van der Waals surface area contributed by atoms with Crippen molar-refractivity contribution in [2.45, 2.75) is 50.7 Å². The SMILES string of the molecule is O=C(Nc1ccccc1)OC(CC1c2ccccc2-c2cncn21)C1CCCCC1. The number of ether oxygens (including phenoxy) is 1. The first-order chi connectivity index (χ1) is 14.8. The number of para-hydroxylation sites is 1. The van der Waals surface area contributed by atoms with Gasteiger partial charge in [0.2, 0.25) is 0 Å². The molecule has 1 aromatic heterocycles. The molecule has 1 amide bonds. The van der Waals surface area contributed by atoms with Crippen LogP contribution in [0.3, 0.4) is 0 Å². The summed E-state index contributed by atoms with van der Waals surface area (Å²) in [4.78, 5) is 17.1. The van der Waals surface area contributed by atoms with Gasteiger partial charge < -0.3 is 9.30 Å². The van der Waals surface area contributed by atoms with E-state index < -0.39 is 0 Å². The van der Waals surface area contributed by atoms with Gasteiger partial charge in [-0.3, -0.25) is 5.32 Å². The molecule has 2 atom stereocenters. The Hall–Kier alpha value is -3.08. The average Bonchev–Trinajstić information content (AvgIpc) is 3.37. The van der Waals surface area contributed by atoms with Gasteiger partial charge in [-0.15, -0.1) is 0 Å². The second-order valence-electron chi connectivity index (χ2n) is 8.36. The van der Waals surface area contributed by atoms with Crippen molar-refractivity contribution in [3.8, 4) is 11.3 Å². The molecule has 2 unspecified atom stereocenters. The molecule has 1 aliphatic carbocycles. The molecule has 0 saturated heterocycles. The van der Waals surface area contributed by atoms with Crippen molar-refractivity contribution < 1.29 is 9.53 Å². The zero-order chi connectivity index (χ0) is 20.3. The number of fused-ring (bicyclic) bond motifs is 3. The summed E-state index contributed by atoms with van der Waals surface area (Å²) in [5.41, 5.74) is 4.43. The summed E-state index contributed by atoms with van der Waals surface area (Å²) in [5.74, 6) is 0.403. The van der Waals surface area contributed by atoms with Crippen LogP contribution in [0.1, 0.15) is 50.1 Å². The van der Waals surface area contributed by atoms with Crippen LogP contribution >= 0.6 is 0 Å². The van der Waals surface area contributed by atoms with Crippen LogP contribution in [-0.4, -0.2) is 21.7 Å². The second-order valence-corrected chi connectivity index (χ2v) is 8.36. The van der Waals surface area contributed by atoms with Crippen molar-refractivity contribution in [1.29, 1.82) is 0 Å².